The summed E-state index contributed by atoms with van der Waals surface area (Å²) in [5.41, 5.74) is 6.46. The summed E-state index contributed by atoms with van der Waals surface area (Å²) in [4.78, 5) is 12.2. The third kappa shape index (κ3) is 3.26. The van der Waals surface area contributed by atoms with Crippen molar-refractivity contribution < 1.29 is 13.6 Å². The molecule has 1 amide bonds. The predicted octanol–water partition coefficient (Wildman–Crippen LogP) is 0.802. The molecular weight excluding hydrogens is 290 g/mol. The molecule has 3 rings (SSSR count). The van der Waals surface area contributed by atoms with Crippen LogP contribution in [0.25, 0.3) is 0 Å². The van der Waals surface area contributed by atoms with E-state index in [1.807, 2.05) is 6.92 Å². The van der Waals surface area contributed by atoms with Crippen LogP contribution in [0.4, 0.5) is 8.78 Å². The van der Waals surface area contributed by atoms with Gasteiger partial charge in [0, 0.05) is 24.4 Å². The SMILES string of the molecule is CC(C(=O)NC1CC(c2cc(F)cc(F)c2)NN1)C1CNC1. The van der Waals surface area contributed by atoms with Crippen LogP contribution in [0.2, 0.25) is 0 Å². The summed E-state index contributed by atoms with van der Waals surface area (Å²) in [5, 5.41) is 6.08. The summed E-state index contributed by atoms with van der Waals surface area (Å²) in [6.45, 7) is 3.66. The molecule has 0 aromatic heterocycles. The van der Waals surface area contributed by atoms with Gasteiger partial charge in [0.2, 0.25) is 5.91 Å². The fourth-order valence-electron chi connectivity index (χ4n) is 2.83. The van der Waals surface area contributed by atoms with Crippen LogP contribution in [0.15, 0.2) is 18.2 Å². The van der Waals surface area contributed by atoms with Gasteiger partial charge in [0.15, 0.2) is 0 Å². The average molecular weight is 310 g/mol. The van der Waals surface area contributed by atoms with Gasteiger partial charge in [-0.3, -0.25) is 4.79 Å². The van der Waals surface area contributed by atoms with Crippen LogP contribution >= 0.6 is 0 Å². The summed E-state index contributed by atoms with van der Waals surface area (Å²) >= 11 is 0. The minimum Gasteiger partial charge on any atom is -0.339 e. The molecule has 2 fully saturated rings. The van der Waals surface area contributed by atoms with E-state index in [0.717, 1.165) is 19.2 Å². The molecule has 0 bridgehead atoms. The second kappa shape index (κ2) is 6.28. The van der Waals surface area contributed by atoms with Crippen LogP contribution in [0.5, 0.6) is 0 Å². The number of benzene rings is 1. The Hall–Kier alpha value is -1.57. The minimum atomic E-state index is -0.601. The molecule has 3 atom stereocenters. The number of amides is 1. The number of carbonyl (C=O) groups is 1. The monoisotopic (exact) mass is 310 g/mol. The number of rotatable bonds is 4. The van der Waals surface area contributed by atoms with E-state index in [9.17, 15) is 13.6 Å². The molecular formula is C15H20F2N4O. The number of hydrogen-bond donors (Lipinski definition) is 4. The van der Waals surface area contributed by atoms with Crippen LogP contribution in [-0.2, 0) is 4.79 Å². The molecule has 2 aliphatic heterocycles. The zero-order valence-electron chi connectivity index (χ0n) is 12.3. The van der Waals surface area contributed by atoms with Gasteiger partial charge in [-0.05, 0) is 36.7 Å². The number of carbonyl (C=O) groups excluding carboxylic acids is 1. The van der Waals surface area contributed by atoms with Crippen molar-refractivity contribution in [2.75, 3.05) is 13.1 Å². The smallest absolute Gasteiger partial charge is 0.224 e. The lowest BCUT2D eigenvalue weighted by Gasteiger charge is -2.32. The maximum Gasteiger partial charge on any atom is 0.224 e. The number of halogens is 2. The van der Waals surface area contributed by atoms with Crippen molar-refractivity contribution in [2.45, 2.75) is 25.6 Å². The van der Waals surface area contributed by atoms with E-state index in [0.29, 0.717) is 17.9 Å². The third-order valence-electron chi connectivity index (χ3n) is 4.44. The molecule has 1 aromatic rings. The van der Waals surface area contributed by atoms with Crippen molar-refractivity contribution in [3.05, 3.63) is 35.4 Å². The molecule has 0 spiro atoms. The predicted molar refractivity (Wildman–Crippen MR) is 77.4 cm³/mol. The van der Waals surface area contributed by atoms with Gasteiger partial charge in [0.05, 0.1) is 6.17 Å². The molecule has 0 aliphatic carbocycles. The van der Waals surface area contributed by atoms with Crippen molar-refractivity contribution in [3.63, 3.8) is 0 Å². The molecule has 7 heteroatoms. The highest BCUT2D eigenvalue weighted by molar-refractivity contribution is 5.79. The first-order valence-corrected chi connectivity index (χ1v) is 7.51. The number of hydrogen-bond acceptors (Lipinski definition) is 4. The Morgan fingerprint density at radius 3 is 2.50 bits per heavy atom. The van der Waals surface area contributed by atoms with Crippen LogP contribution in [0, 0.1) is 23.5 Å². The van der Waals surface area contributed by atoms with Gasteiger partial charge in [-0.1, -0.05) is 6.92 Å². The largest absolute Gasteiger partial charge is 0.339 e. The van der Waals surface area contributed by atoms with Crippen LogP contribution < -0.4 is 21.5 Å². The van der Waals surface area contributed by atoms with E-state index in [1.54, 1.807) is 0 Å². The molecule has 2 aliphatic rings. The second-order valence-electron chi connectivity index (χ2n) is 6.05. The number of hydrazine groups is 1. The lowest BCUT2D eigenvalue weighted by Crippen LogP contribution is -2.52. The highest BCUT2D eigenvalue weighted by Gasteiger charge is 2.32. The maximum atomic E-state index is 13.3. The van der Waals surface area contributed by atoms with Crippen molar-refractivity contribution in [1.82, 2.24) is 21.5 Å². The molecule has 3 unspecified atom stereocenters. The van der Waals surface area contributed by atoms with Crippen LogP contribution in [0.3, 0.4) is 0 Å². The summed E-state index contributed by atoms with van der Waals surface area (Å²) in [6.07, 6.45) is 0.281. The Morgan fingerprint density at radius 2 is 1.91 bits per heavy atom. The van der Waals surface area contributed by atoms with E-state index in [2.05, 4.69) is 21.5 Å². The summed E-state index contributed by atoms with van der Waals surface area (Å²) < 4.78 is 26.5. The first kappa shape index (κ1) is 15.3. The van der Waals surface area contributed by atoms with Gasteiger partial charge >= 0.3 is 0 Å². The number of nitrogens with one attached hydrogen (secondary N) is 4. The van der Waals surface area contributed by atoms with Gasteiger partial charge < -0.3 is 10.6 Å². The van der Waals surface area contributed by atoms with E-state index < -0.39 is 11.6 Å². The highest BCUT2D eigenvalue weighted by Crippen LogP contribution is 2.23. The Kier molecular flexibility index (Phi) is 4.37. The zero-order valence-corrected chi connectivity index (χ0v) is 12.3. The van der Waals surface area contributed by atoms with Gasteiger partial charge in [-0.25, -0.2) is 19.6 Å². The Morgan fingerprint density at radius 1 is 1.23 bits per heavy atom. The first-order chi connectivity index (χ1) is 10.5. The molecule has 0 radical (unpaired) electrons. The van der Waals surface area contributed by atoms with Crippen molar-refractivity contribution in [3.8, 4) is 0 Å². The highest BCUT2D eigenvalue weighted by atomic mass is 19.1. The lowest BCUT2D eigenvalue weighted by molar-refractivity contribution is -0.127. The van der Waals surface area contributed by atoms with Crippen molar-refractivity contribution in [1.29, 1.82) is 0 Å². The quantitative estimate of drug-likeness (QED) is 0.664. The summed E-state index contributed by atoms with van der Waals surface area (Å²) in [5.74, 6) is -0.876. The van der Waals surface area contributed by atoms with Crippen LogP contribution in [0.1, 0.15) is 24.9 Å². The summed E-state index contributed by atoms with van der Waals surface area (Å²) in [7, 11) is 0. The molecule has 4 N–H and O–H groups in total. The fourth-order valence-corrected chi connectivity index (χ4v) is 2.83. The molecule has 1 aromatic carbocycles. The Balaban J connectivity index is 1.56. The standard InChI is InChI=1S/C15H20F2N4O/c1-8(10-6-18-7-10)15(22)19-14-5-13(20-21-14)9-2-11(16)4-12(17)3-9/h2-4,8,10,13-14,18,20-21H,5-7H2,1H3,(H,19,22). The van der Waals surface area contributed by atoms with Gasteiger partial charge in [-0.15, -0.1) is 0 Å². The van der Waals surface area contributed by atoms with Gasteiger partial charge in [0.25, 0.3) is 0 Å². The van der Waals surface area contributed by atoms with E-state index in [1.165, 1.54) is 12.1 Å². The van der Waals surface area contributed by atoms with Crippen LogP contribution in [-0.4, -0.2) is 25.2 Å². The molecule has 22 heavy (non-hydrogen) atoms. The molecule has 120 valence electrons. The fraction of sp³-hybridized carbons (Fsp3) is 0.533. The van der Waals surface area contributed by atoms with E-state index >= 15 is 0 Å². The summed E-state index contributed by atoms with van der Waals surface area (Å²) in [6, 6.07) is 3.21. The molecule has 5 nitrogen and oxygen atoms in total. The maximum absolute atomic E-state index is 13.3. The van der Waals surface area contributed by atoms with Crippen molar-refractivity contribution >= 4 is 5.91 Å². The van der Waals surface area contributed by atoms with E-state index in [-0.39, 0.29) is 24.0 Å². The molecule has 2 saturated heterocycles. The Labute approximate surface area is 127 Å². The molecule has 2 heterocycles. The normalized spacial score (nSPS) is 26.5. The zero-order chi connectivity index (χ0) is 15.7. The first-order valence-electron chi connectivity index (χ1n) is 7.51. The second-order valence-corrected chi connectivity index (χ2v) is 6.05. The minimum absolute atomic E-state index is 0.00290. The average Bonchev–Trinajstić information content (AvgIpc) is 2.84. The van der Waals surface area contributed by atoms with Gasteiger partial charge in [0.1, 0.15) is 11.6 Å². The Bertz CT molecular complexity index is 544. The topological polar surface area (TPSA) is 65.2 Å². The van der Waals surface area contributed by atoms with Crippen molar-refractivity contribution in [2.24, 2.45) is 11.8 Å². The lowest BCUT2D eigenvalue weighted by atomic mass is 9.88. The van der Waals surface area contributed by atoms with Gasteiger partial charge in [-0.2, -0.15) is 0 Å². The van der Waals surface area contributed by atoms with E-state index in [4.69, 9.17) is 0 Å². The molecule has 0 saturated carbocycles. The third-order valence-corrected chi connectivity index (χ3v) is 4.44.